The topological polar surface area (TPSA) is 67.3 Å². The molecule has 1 aliphatic rings. The highest BCUT2D eigenvalue weighted by Gasteiger charge is 2.22. The van der Waals surface area contributed by atoms with Gasteiger partial charge in [-0.1, -0.05) is 36.9 Å². The number of carbonyl (C=O) groups is 1. The van der Waals surface area contributed by atoms with Gasteiger partial charge in [-0.15, -0.1) is 0 Å². The minimum absolute atomic E-state index is 0.0586. The highest BCUT2D eigenvalue weighted by Crippen LogP contribution is 2.16. The molecule has 124 valence electrons. The molecule has 1 fully saturated rings. The van der Waals surface area contributed by atoms with E-state index in [2.05, 4.69) is 21.9 Å². The van der Waals surface area contributed by atoms with Gasteiger partial charge in [0.1, 0.15) is 5.82 Å². The van der Waals surface area contributed by atoms with Crippen molar-refractivity contribution < 1.29 is 9.53 Å². The van der Waals surface area contributed by atoms with E-state index in [4.69, 9.17) is 4.74 Å². The maximum Gasteiger partial charge on any atom is 0.246 e. The number of anilines is 1. The Hall–Kier alpha value is -2.73. The second-order valence-corrected chi connectivity index (χ2v) is 5.49. The number of carbonyl (C=O) groups excluding carboxylic acids is 1. The Labute approximate surface area is 141 Å². The monoisotopic (exact) mass is 324 g/mol. The van der Waals surface area contributed by atoms with Gasteiger partial charge in [0.15, 0.2) is 5.82 Å². The molecule has 1 saturated heterocycles. The summed E-state index contributed by atoms with van der Waals surface area (Å²) in [4.78, 5) is 22.3. The lowest BCUT2D eigenvalue weighted by molar-refractivity contribution is -0.132. The Morgan fingerprint density at radius 2 is 2.21 bits per heavy atom. The zero-order chi connectivity index (χ0) is 16.8. The number of morpholine rings is 1. The van der Waals surface area contributed by atoms with E-state index in [0.717, 1.165) is 11.4 Å². The van der Waals surface area contributed by atoms with Gasteiger partial charge in [0.2, 0.25) is 5.91 Å². The highest BCUT2D eigenvalue weighted by atomic mass is 16.5. The van der Waals surface area contributed by atoms with Crippen LogP contribution in [0.5, 0.6) is 0 Å². The summed E-state index contributed by atoms with van der Waals surface area (Å²) >= 11 is 0. The summed E-state index contributed by atoms with van der Waals surface area (Å²) in [7, 11) is 0. The van der Waals surface area contributed by atoms with Crippen LogP contribution in [0.1, 0.15) is 0 Å². The van der Waals surface area contributed by atoms with Crippen LogP contribution in [0.3, 0.4) is 0 Å². The van der Waals surface area contributed by atoms with Gasteiger partial charge in [0.05, 0.1) is 12.7 Å². The van der Waals surface area contributed by atoms with Crippen molar-refractivity contribution in [1.82, 2.24) is 14.9 Å². The van der Waals surface area contributed by atoms with E-state index in [0.29, 0.717) is 32.1 Å². The first-order valence-electron chi connectivity index (χ1n) is 7.91. The first kappa shape index (κ1) is 16.1. The maximum atomic E-state index is 11.7. The Bertz CT molecular complexity index is 705. The van der Waals surface area contributed by atoms with E-state index in [1.54, 1.807) is 11.1 Å². The summed E-state index contributed by atoms with van der Waals surface area (Å²) < 4.78 is 5.71. The molecule has 0 radical (unpaired) electrons. The molecule has 3 rings (SSSR count). The van der Waals surface area contributed by atoms with Crippen LogP contribution < -0.4 is 5.32 Å². The SMILES string of the molecule is C=CC(=O)N1CCOC(CNc2ccnc(-c3ccccc3)n2)C1. The Kier molecular flexibility index (Phi) is 5.18. The number of hydrogen-bond acceptors (Lipinski definition) is 5. The molecule has 2 heterocycles. The highest BCUT2D eigenvalue weighted by molar-refractivity contribution is 5.87. The van der Waals surface area contributed by atoms with Crippen molar-refractivity contribution in [3.05, 3.63) is 55.3 Å². The van der Waals surface area contributed by atoms with Gasteiger partial charge in [-0.05, 0) is 12.1 Å². The lowest BCUT2D eigenvalue weighted by Gasteiger charge is -2.32. The fourth-order valence-electron chi connectivity index (χ4n) is 2.57. The van der Waals surface area contributed by atoms with Gasteiger partial charge < -0.3 is 15.0 Å². The van der Waals surface area contributed by atoms with Crippen LogP contribution in [-0.4, -0.2) is 53.1 Å². The van der Waals surface area contributed by atoms with Crippen LogP contribution in [-0.2, 0) is 9.53 Å². The largest absolute Gasteiger partial charge is 0.373 e. The van der Waals surface area contributed by atoms with Gasteiger partial charge in [-0.3, -0.25) is 4.79 Å². The van der Waals surface area contributed by atoms with E-state index in [9.17, 15) is 4.79 Å². The van der Waals surface area contributed by atoms with E-state index >= 15 is 0 Å². The first-order valence-corrected chi connectivity index (χ1v) is 7.91. The summed E-state index contributed by atoms with van der Waals surface area (Å²) in [6.07, 6.45) is 3.00. The molecule has 0 saturated carbocycles. The molecule has 0 spiro atoms. The lowest BCUT2D eigenvalue weighted by atomic mass is 10.2. The van der Waals surface area contributed by atoms with Gasteiger partial charge in [0.25, 0.3) is 0 Å². The minimum atomic E-state index is -0.0715. The minimum Gasteiger partial charge on any atom is -0.373 e. The fraction of sp³-hybridized carbons (Fsp3) is 0.278. The van der Waals surface area contributed by atoms with E-state index in [-0.39, 0.29) is 12.0 Å². The number of amides is 1. The second-order valence-electron chi connectivity index (χ2n) is 5.49. The van der Waals surface area contributed by atoms with Crippen LogP contribution in [0.15, 0.2) is 55.3 Å². The lowest BCUT2D eigenvalue weighted by Crippen LogP contribution is -2.47. The molecule has 1 unspecified atom stereocenters. The molecule has 1 aromatic carbocycles. The predicted molar refractivity (Wildman–Crippen MR) is 92.5 cm³/mol. The van der Waals surface area contributed by atoms with Crippen LogP contribution in [0.25, 0.3) is 11.4 Å². The predicted octanol–water partition coefficient (Wildman–Crippen LogP) is 1.97. The van der Waals surface area contributed by atoms with Gasteiger partial charge in [-0.25, -0.2) is 9.97 Å². The third kappa shape index (κ3) is 3.97. The standard InChI is InChI=1S/C18H20N4O2/c1-2-17(23)22-10-11-24-15(13-22)12-20-16-8-9-19-18(21-16)14-6-4-3-5-7-14/h2-9,15H,1,10-13H2,(H,19,20,21). The molecule has 1 N–H and O–H groups in total. The van der Waals surface area contributed by atoms with Crippen molar-refractivity contribution in [2.24, 2.45) is 0 Å². The Morgan fingerprint density at radius 1 is 1.38 bits per heavy atom. The van der Waals surface area contributed by atoms with E-state index in [1.165, 1.54) is 6.08 Å². The molecular formula is C18H20N4O2. The number of hydrogen-bond donors (Lipinski definition) is 1. The van der Waals surface area contributed by atoms with Crippen molar-refractivity contribution >= 4 is 11.7 Å². The zero-order valence-corrected chi connectivity index (χ0v) is 13.4. The molecule has 0 bridgehead atoms. The zero-order valence-electron chi connectivity index (χ0n) is 13.4. The van der Waals surface area contributed by atoms with Gasteiger partial charge in [0, 0.05) is 31.4 Å². The average Bonchev–Trinajstić information content (AvgIpc) is 2.67. The van der Waals surface area contributed by atoms with Crippen molar-refractivity contribution in [3.8, 4) is 11.4 Å². The summed E-state index contributed by atoms with van der Waals surface area (Å²) in [6, 6.07) is 11.6. The number of nitrogens with one attached hydrogen (secondary N) is 1. The summed E-state index contributed by atoms with van der Waals surface area (Å²) in [5.74, 6) is 1.35. The average molecular weight is 324 g/mol. The molecule has 1 amide bonds. The molecular weight excluding hydrogens is 304 g/mol. The smallest absolute Gasteiger partial charge is 0.246 e. The molecule has 6 nitrogen and oxygen atoms in total. The second kappa shape index (κ2) is 7.70. The maximum absolute atomic E-state index is 11.7. The third-order valence-electron chi connectivity index (χ3n) is 3.82. The summed E-state index contributed by atoms with van der Waals surface area (Å²) in [5.41, 5.74) is 0.970. The third-order valence-corrected chi connectivity index (χ3v) is 3.82. The van der Waals surface area contributed by atoms with Crippen LogP contribution in [0.2, 0.25) is 0 Å². The molecule has 2 aromatic rings. The quantitative estimate of drug-likeness (QED) is 0.852. The van der Waals surface area contributed by atoms with Crippen molar-refractivity contribution in [2.75, 3.05) is 31.6 Å². The summed E-state index contributed by atoms with van der Waals surface area (Å²) in [6.45, 7) is 5.79. The Balaban J connectivity index is 1.61. The number of benzene rings is 1. The molecule has 24 heavy (non-hydrogen) atoms. The van der Waals surface area contributed by atoms with Crippen LogP contribution in [0, 0.1) is 0 Å². The van der Waals surface area contributed by atoms with Gasteiger partial charge >= 0.3 is 0 Å². The molecule has 1 atom stereocenters. The summed E-state index contributed by atoms with van der Waals surface area (Å²) in [5, 5.41) is 3.26. The number of aromatic nitrogens is 2. The molecule has 6 heteroatoms. The molecule has 1 aliphatic heterocycles. The fourth-order valence-corrected chi connectivity index (χ4v) is 2.57. The van der Waals surface area contributed by atoms with Crippen molar-refractivity contribution in [1.29, 1.82) is 0 Å². The number of ether oxygens (including phenoxy) is 1. The first-order chi connectivity index (χ1) is 11.8. The van der Waals surface area contributed by atoms with E-state index in [1.807, 2.05) is 36.4 Å². The van der Waals surface area contributed by atoms with Gasteiger partial charge in [-0.2, -0.15) is 0 Å². The van der Waals surface area contributed by atoms with Crippen molar-refractivity contribution in [3.63, 3.8) is 0 Å². The van der Waals surface area contributed by atoms with E-state index < -0.39 is 0 Å². The number of rotatable bonds is 5. The van der Waals surface area contributed by atoms with Crippen molar-refractivity contribution in [2.45, 2.75) is 6.10 Å². The normalized spacial score (nSPS) is 17.3. The molecule has 1 aromatic heterocycles. The molecule has 0 aliphatic carbocycles. The van der Waals surface area contributed by atoms with Crippen LogP contribution >= 0.6 is 0 Å². The Morgan fingerprint density at radius 3 is 3.00 bits per heavy atom. The van der Waals surface area contributed by atoms with Crippen LogP contribution in [0.4, 0.5) is 5.82 Å². The number of nitrogens with zero attached hydrogens (tertiary/aromatic N) is 3.